The maximum atomic E-state index is 12.3. The molecule has 0 bridgehead atoms. The Morgan fingerprint density at radius 2 is 2.05 bits per heavy atom. The van der Waals surface area contributed by atoms with E-state index in [1.54, 1.807) is 28.6 Å². The molecule has 0 atom stereocenters. The summed E-state index contributed by atoms with van der Waals surface area (Å²) >= 11 is 1.66. The number of carbonyl (C=O) groups is 1. The van der Waals surface area contributed by atoms with Crippen molar-refractivity contribution < 1.29 is 4.79 Å². The first-order chi connectivity index (χ1) is 9.74. The summed E-state index contributed by atoms with van der Waals surface area (Å²) in [7, 11) is 1.81. The summed E-state index contributed by atoms with van der Waals surface area (Å²) in [6.45, 7) is 0. The van der Waals surface area contributed by atoms with Gasteiger partial charge in [0.25, 0.3) is 0 Å². The van der Waals surface area contributed by atoms with Crippen LogP contribution in [0.4, 0.5) is 5.13 Å². The summed E-state index contributed by atoms with van der Waals surface area (Å²) in [4.78, 5) is 23.9. The minimum Gasteiger partial charge on any atom is -0.291 e. The number of rotatable bonds is 3. The van der Waals surface area contributed by atoms with Crippen LogP contribution < -0.4 is 4.90 Å². The normalized spacial score (nSPS) is 13.8. The number of likely N-dealkylation sites (N-methyl/N-ethyl adjacent to an activating group) is 1. The number of hydrogen-bond donors (Lipinski definition) is 0. The number of anilines is 1. The van der Waals surface area contributed by atoms with E-state index in [1.165, 1.54) is 23.4 Å². The highest BCUT2D eigenvalue weighted by atomic mass is 32.1. The molecule has 20 heavy (non-hydrogen) atoms. The molecule has 0 aromatic carbocycles. The summed E-state index contributed by atoms with van der Waals surface area (Å²) in [6, 6.07) is 3.75. The second-order valence-electron chi connectivity index (χ2n) is 5.06. The highest BCUT2D eigenvalue weighted by Gasteiger charge is 2.20. The summed E-state index contributed by atoms with van der Waals surface area (Å²) in [5, 5.41) is 0.830. The number of aromatic nitrogens is 2. The lowest BCUT2D eigenvalue weighted by Gasteiger charge is -2.13. The van der Waals surface area contributed by atoms with Gasteiger partial charge in [-0.1, -0.05) is 0 Å². The average molecular weight is 287 g/mol. The third-order valence-corrected chi connectivity index (χ3v) is 4.83. The van der Waals surface area contributed by atoms with Gasteiger partial charge in [0, 0.05) is 24.3 Å². The van der Waals surface area contributed by atoms with Crippen molar-refractivity contribution in [3.8, 4) is 0 Å². The van der Waals surface area contributed by atoms with Gasteiger partial charge in [0.05, 0.1) is 12.1 Å². The highest BCUT2D eigenvalue weighted by Crippen LogP contribution is 2.31. The van der Waals surface area contributed by atoms with E-state index in [2.05, 4.69) is 9.97 Å². The lowest BCUT2D eigenvalue weighted by atomic mass is 10.0. The van der Waals surface area contributed by atoms with E-state index in [0.717, 1.165) is 23.5 Å². The maximum Gasteiger partial charge on any atom is 0.232 e. The van der Waals surface area contributed by atoms with Crippen LogP contribution in [-0.2, 0) is 24.1 Å². The highest BCUT2D eigenvalue weighted by molar-refractivity contribution is 7.15. The van der Waals surface area contributed by atoms with Gasteiger partial charge in [-0.05, 0) is 43.4 Å². The zero-order valence-corrected chi connectivity index (χ0v) is 12.3. The van der Waals surface area contributed by atoms with E-state index in [9.17, 15) is 4.79 Å². The van der Waals surface area contributed by atoms with Crippen LogP contribution in [0.3, 0.4) is 0 Å². The Morgan fingerprint density at radius 3 is 2.80 bits per heavy atom. The number of carbonyl (C=O) groups excluding carboxylic acids is 1. The average Bonchev–Trinajstić information content (AvgIpc) is 2.91. The van der Waals surface area contributed by atoms with Gasteiger partial charge in [0.1, 0.15) is 0 Å². The number of thiazole rings is 1. The smallest absolute Gasteiger partial charge is 0.232 e. The van der Waals surface area contributed by atoms with Crippen LogP contribution in [0.2, 0.25) is 0 Å². The molecule has 1 aliphatic rings. The third-order valence-electron chi connectivity index (χ3n) is 3.60. The van der Waals surface area contributed by atoms with Crippen molar-refractivity contribution in [2.75, 3.05) is 11.9 Å². The maximum absolute atomic E-state index is 12.3. The van der Waals surface area contributed by atoms with E-state index in [4.69, 9.17) is 0 Å². The van der Waals surface area contributed by atoms with Gasteiger partial charge in [0.2, 0.25) is 5.91 Å². The Balaban J connectivity index is 1.73. The molecule has 0 unspecified atom stereocenters. The van der Waals surface area contributed by atoms with Crippen molar-refractivity contribution in [3.05, 3.63) is 40.7 Å². The van der Waals surface area contributed by atoms with Crippen molar-refractivity contribution in [2.24, 2.45) is 0 Å². The van der Waals surface area contributed by atoms with Gasteiger partial charge >= 0.3 is 0 Å². The van der Waals surface area contributed by atoms with Crippen LogP contribution in [0.25, 0.3) is 0 Å². The quantitative estimate of drug-likeness (QED) is 0.872. The van der Waals surface area contributed by atoms with Gasteiger partial charge in [-0.25, -0.2) is 4.98 Å². The van der Waals surface area contributed by atoms with Crippen LogP contribution in [-0.4, -0.2) is 22.9 Å². The molecule has 0 saturated carbocycles. The first-order valence-electron chi connectivity index (χ1n) is 6.88. The molecular formula is C15H17N3OS. The van der Waals surface area contributed by atoms with E-state index >= 15 is 0 Å². The molecule has 5 heteroatoms. The van der Waals surface area contributed by atoms with Gasteiger partial charge in [-0.2, -0.15) is 0 Å². The van der Waals surface area contributed by atoms with E-state index in [0.29, 0.717) is 6.42 Å². The van der Waals surface area contributed by atoms with E-state index < -0.39 is 0 Å². The Labute approximate surface area is 122 Å². The summed E-state index contributed by atoms with van der Waals surface area (Å²) in [5.74, 6) is 0.0716. The Morgan fingerprint density at radius 1 is 1.30 bits per heavy atom. The minimum atomic E-state index is 0.0716. The molecule has 1 aliphatic carbocycles. The van der Waals surface area contributed by atoms with Crippen molar-refractivity contribution in [1.82, 2.24) is 9.97 Å². The van der Waals surface area contributed by atoms with Crippen LogP contribution in [0, 0.1) is 0 Å². The lowest BCUT2D eigenvalue weighted by molar-refractivity contribution is -0.117. The fourth-order valence-corrected chi connectivity index (χ4v) is 3.51. The molecule has 2 aromatic rings. The largest absolute Gasteiger partial charge is 0.291 e. The van der Waals surface area contributed by atoms with E-state index in [-0.39, 0.29) is 5.91 Å². The van der Waals surface area contributed by atoms with Crippen molar-refractivity contribution >= 4 is 22.4 Å². The first-order valence-corrected chi connectivity index (χ1v) is 7.70. The lowest BCUT2D eigenvalue weighted by Crippen LogP contribution is -2.27. The SMILES string of the molecule is CN(C(=O)Cc1ccncc1)c1nc2c(s1)CCCC2. The predicted molar refractivity (Wildman–Crippen MR) is 80.1 cm³/mol. The van der Waals surface area contributed by atoms with Gasteiger partial charge < -0.3 is 0 Å². The number of fused-ring (bicyclic) bond motifs is 1. The first kappa shape index (κ1) is 13.2. The number of nitrogens with zero attached hydrogens (tertiary/aromatic N) is 3. The monoisotopic (exact) mass is 287 g/mol. The number of hydrogen-bond acceptors (Lipinski definition) is 4. The molecule has 0 radical (unpaired) electrons. The van der Waals surface area contributed by atoms with Crippen LogP contribution in [0.15, 0.2) is 24.5 Å². The van der Waals surface area contributed by atoms with Gasteiger partial charge in [-0.3, -0.25) is 14.7 Å². The molecule has 1 amide bonds. The Hall–Kier alpha value is -1.75. The molecule has 104 valence electrons. The van der Waals surface area contributed by atoms with Gasteiger partial charge in [0.15, 0.2) is 5.13 Å². The molecule has 0 aliphatic heterocycles. The molecule has 0 spiro atoms. The van der Waals surface area contributed by atoms with Crippen molar-refractivity contribution in [3.63, 3.8) is 0 Å². The fourth-order valence-electron chi connectivity index (χ4n) is 2.38. The van der Waals surface area contributed by atoms with Crippen LogP contribution in [0.5, 0.6) is 0 Å². The zero-order valence-electron chi connectivity index (χ0n) is 11.5. The molecular weight excluding hydrogens is 270 g/mol. The molecule has 0 saturated heterocycles. The topological polar surface area (TPSA) is 46.1 Å². The molecule has 2 heterocycles. The van der Waals surface area contributed by atoms with Crippen LogP contribution in [0.1, 0.15) is 29.0 Å². The fraction of sp³-hybridized carbons (Fsp3) is 0.400. The minimum absolute atomic E-state index is 0.0716. The number of amides is 1. The standard InChI is InChI=1S/C15H17N3OS/c1-18(14(19)10-11-6-8-16-9-7-11)15-17-12-4-2-3-5-13(12)20-15/h6-9H,2-5,10H2,1H3. The second kappa shape index (κ2) is 5.71. The summed E-state index contributed by atoms with van der Waals surface area (Å²) in [5.41, 5.74) is 2.18. The number of aryl methyl sites for hydroxylation is 2. The molecule has 4 nitrogen and oxygen atoms in total. The third kappa shape index (κ3) is 2.72. The molecule has 3 rings (SSSR count). The number of pyridine rings is 1. The van der Waals surface area contributed by atoms with Crippen molar-refractivity contribution in [1.29, 1.82) is 0 Å². The molecule has 0 fully saturated rings. The van der Waals surface area contributed by atoms with Crippen LogP contribution >= 0.6 is 11.3 Å². The summed E-state index contributed by atoms with van der Waals surface area (Å²) < 4.78 is 0. The Kier molecular flexibility index (Phi) is 3.78. The second-order valence-corrected chi connectivity index (χ2v) is 6.12. The Bertz CT molecular complexity index is 585. The van der Waals surface area contributed by atoms with Crippen molar-refractivity contribution in [2.45, 2.75) is 32.1 Å². The van der Waals surface area contributed by atoms with E-state index in [1.807, 2.05) is 19.2 Å². The summed E-state index contributed by atoms with van der Waals surface area (Å²) in [6.07, 6.45) is 8.43. The predicted octanol–water partition coefficient (Wildman–Crippen LogP) is 2.62. The molecule has 0 N–H and O–H groups in total. The van der Waals surface area contributed by atoms with Gasteiger partial charge in [-0.15, -0.1) is 11.3 Å². The molecule has 2 aromatic heterocycles. The zero-order chi connectivity index (χ0) is 13.9.